The van der Waals surface area contributed by atoms with Crippen molar-refractivity contribution >= 4 is 0 Å². The van der Waals surface area contributed by atoms with Gasteiger partial charge in [0.2, 0.25) is 0 Å². The fourth-order valence-corrected chi connectivity index (χ4v) is 3.38. The van der Waals surface area contributed by atoms with Gasteiger partial charge in [0.25, 0.3) is 0 Å². The third-order valence-corrected chi connectivity index (χ3v) is 4.81. The molecule has 0 aromatic heterocycles. The molecule has 106 valence electrons. The summed E-state index contributed by atoms with van der Waals surface area (Å²) in [5, 5.41) is 10.9. The number of rotatable bonds is 4. The molecule has 1 atom stereocenters. The third kappa shape index (κ3) is 2.98. The van der Waals surface area contributed by atoms with Crippen LogP contribution in [0.25, 0.3) is 0 Å². The first-order chi connectivity index (χ1) is 8.99. The van der Waals surface area contributed by atoms with Crippen LogP contribution >= 0.6 is 0 Å². The summed E-state index contributed by atoms with van der Waals surface area (Å²) in [6.45, 7) is 2.40. The first-order valence-corrected chi connectivity index (χ1v) is 7.16. The Morgan fingerprint density at radius 2 is 1.79 bits per heavy atom. The SMILES string of the molecule is CC(O)(Cc1ccc(F)cc1)C1(CN)CCCCC1. The quantitative estimate of drug-likeness (QED) is 0.879. The van der Waals surface area contributed by atoms with Gasteiger partial charge < -0.3 is 10.8 Å². The molecule has 1 aliphatic carbocycles. The first kappa shape index (κ1) is 14.5. The second-order valence-electron chi connectivity index (χ2n) is 6.12. The standard InChI is InChI=1S/C16H24FNO/c1-15(19,11-13-5-7-14(17)8-6-13)16(12-18)9-3-2-4-10-16/h5-8,19H,2-4,9-12,18H2,1H3. The van der Waals surface area contributed by atoms with Crippen LogP contribution in [0.15, 0.2) is 24.3 Å². The lowest BCUT2D eigenvalue weighted by atomic mass is 9.62. The Kier molecular flexibility index (Phi) is 4.26. The normalized spacial score (nSPS) is 21.9. The van der Waals surface area contributed by atoms with E-state index in [1.807, 2.05) is 6.92 Å². The average Bonchev–Trinajstić information content (AvgIpc) is 2.42. The maximum absolute atomic E-state index is 12.9. The van der Waals surface area contributed by atoms with Crippen LogP contribution < -0.4 is 5.73 Å². The molecule has 1 saturated carbocycles. The summed E-state index contributed by atoms with van der Waals surface area (Å²) in [4.78, 5) is 0. The Hall–Kier alpha value is -0.930. The van der Waals surface area contributed by atoms with Crippen molar-refractivity contribution in [1.82, 2.24) is 0 Å². The van der Waals surface area contributed by atoms with Gasteiger partial charge in [-0.3, -0.25) is 0 Å². The second kappa shape index (κ2) is 5.59. The van der Waals surface area contributed by atoms with Crippen LogP contribution in [0, 0.1) is 11.2 Å². The Morgan fingerprint density at radius 1 is 1.21 bits per heavy atom. The van der Waals surface area contributed by atoms with E-state index in [0.717, 1.165) is 31.2 Å². The molecule has 0 spiro atoms. The molecule has 0 radical (unpaired) electrons. The topological polar surface area (TPSA) is 46.2 Å². The fourth-order valence-electron chi connectivity index (χ4n) is 3.38. The van der Waals surface area contributed by atoms with Gasteiger partial charge in [-0.2, -0.15) is 0 Å². The summed E-state index contributed by atoms with van der Waals surface area (Å²) in [6, 6.07) is 6.39. The van der Waals surface area contributed by atoms with Gasteiger partial charge in [0, 0.05) is 18.4 Å². The smallest absolute Gasteiger partial charge is 0.123 e. The minimum atomic E-state index is -0.833. The number of hydrogen-bond donors (Lipinski definition) is 2. The van der Waals surface area contributed by atoms with Gasteiger partial charge in [-0.15, -0.1) is 0 Å². The Bertz CT molecular complexity index is 407. The molecule has 0 aliphatic heterocycles. The van der Waals surface area contributed by atoms with Crippen molar-refractivity contribution in [3.63, 3.8) is 0 Å². The molecule has 1 aromatic rings. The highest BCUT2D eigenvalue weighted by atomic mass is 19.1. The number of aliphatic hydroxyl groups is 1. The molecule has 19 heavy (non-hydrogen) atoms. The zero-order valence-electron chi connectivity index (χ0n) is 11.7. The Balaban J connectivity index is 2.17. The number of nitrogens with two attached hydrogens (primary N) is 1. The van der Waals surface area contributed by atoms with Gasteiger partial charge in [0.1, 0.15) is 5.82 Å². The van der Waals surface area contributed by atoms with Gasteiger partial charge in [-0.25, -0.2) is 4.39 Å². The summed E-state index contributed by atoms with van der Waals surface area (Å²) >= 11 is 0. The predicted octanol–water partition coefficient (Wildman–Crippen LogP) is 3.03. The van der Waals surface area contributed by atoms with Crippen molar-refractivity contribution in [3.05, 3.63) is 35.6 Å². The number of benzene rings is 1. The predicted molar refractivity (Wildman–Crippen MR) is 75.3 cm³/mol. The van der Waals surface area contributed by atoms with Crippen molar-refractivity contribution in [3.8, 4) is 0 Å². The Labute approximate surface area is 114 Å². The second-order valence-corrected chi connectivity index (χ2v) is 6.12. The summed E-state index contributed by atoms with van der Waals surface area (Å²) < 4.78 is 12.9. The molecule has 0 saturated heterocycles. The highest BCUT2D eigenvalue weighted by Crippen LogP contribution is 2.45. The van der Waals surface area contributed by atoms with E-state index in [-0.39, 0.29) is 11.2 Å². The van der Waals surface area contributed by atoms with Crippen LogP contribution in [-0.2, 0) is 6.42 Å². The van der Waals surface area contributed by atoms with E-state index in [0.29, 0.717) is 13.0 Å². The maximum Gasteiger partial charge on any atom is 0.123 e. The minimum Gasteiger partial charge on any atom is -0.389 e. The molecule has 1 aromatic carbocycles. The molecule has 1 fully saturated rings. The van der Waals surface area contributed by atoms with Gasteiger partial charge in [-0.1, -0.05) is 31.4 Å². The van der Waals surface area contributed by atoms with Crippen LogP contribution in [0.5, 0.6) is 0 Å². The molecular formula is C16H24FNO. The van der Waals surface area contributed by atoms with E-state index in [2.05, 4.69) is 0 Å². The molecule has 3 N–H and O–H groups in total. The molecule has 1 aliphatic rings. The summed E-state index contributed by atoms with van der Waals surface area (Å²) in [6.07, 6.45) is 6.00. The highest BCUT2D eigenvalue weighted by molar-refractivity contribution is 5.19. The van der Waals surface area contributed by atoms with E-state index < -0.39 is 5.60 Å². The van der Waals surface area contributed by atoms with Gasteiger partial charge in [0.05, 0.1) is 5.60 Å². The summed E-state index contributed by atoms with van der Waals surface area (Å²) in [7, 11) is 0. The van der Waals surface area contributed by atoms with Crippen molar-refractivity contribution < 1.29 is 9.50 Å². The van der Waals surface area contributed by atoms with Gasteiger partial charge in [-0.05, 0) is 37.5 Å². The van der Waals surface area contributed by atoms with E-state index in [9.17, 15) is 9.50 Å². The number of halogens is 1. The monoisotopic (exact) mass is 265 g/mol. The molecule has 0 bridgehead atoms. The van der Waals surface area contributed by atoms with Crippen LogP contribution in [-0.4, -0.2) is 17.3 Å². The van der Waals surface area contributed by atoms with Gasteiger partial charge in [0.15, 0.2) is 0 Å². The zero-order chi connectivity index (χ0) is 13.9. The molecular weight excluding hydrogens is 241 g/mol. The lowest BCUT2D eigenvalue weighted by molar-refractivity contribution is -0.0849. The van der Waals surface area contributed by atoms with Gasteiger partial charge >= 0.3 is 0 Å². The fraction of sp³-hybridized carbons (Fsp3) is 0.625. The molecule has 0 amide bonds. The molecule has 2 nitrogen and oxygen atoms in total. The van der Waals surface area contributed by atoms with E-state index in [4.69, 9.17) is 5.73 Å². The summed E-state index contributed by atoms with van der Waals surface area (Å²) in [5.74, 6) is -0.241. The molecule has 2 rings (SSSR count). The van der Waals surface area contributed by atoms with Crippen LogP contribution in [0.4, 0.5) is 4.39 Å². The molecule has 3 heteroatoms. The van der Waals surface area contributed by atoms with Crippen molar-refractivity contribution in [1.29, 1.82) is 0 Å². The van der Waals surface area contributed by atoms with E-state index in [1.54, 1.807) is 12.1 Å². The van der Waals surface area contributed by atoms with Crippen LogP contribution in [0.2, 0.25) is 0 Å². The zero-order valence-corrected chi connectivity index (χ0v) is 11.7. The van der Waals surface area contributed by atoms with E-state index >= 15 is 0 Å². The Morgan fingerprint density at radius 3 is 2.32 bits per heavy atom. The first-order valence-electron chi connectivity index (χ1n) is 7.16. The number of hydrogen-bond acceptors (Lipinski definition) is 2. The average molecular weight is 265 g/mol. The summed E-state index contributed by atoms with van der Waals surface area (Å²) in [5.41, 5.74) is 5.92. The van der Waals surface area contributed by atoms with Crippen molar-refractivity contribution in [2.45, 2.75) is 51.0 Å². The van der Waals surface area contributed by atoms with E-state index in [1.165, 1.54) is 18.6 Å². The van der Waals surface area contributed by atoms with Crippen LogP contribution in [0.1, 0.15) is 44.6 Å². The largest absolute Gasteiger partial charge is 0.389 e. The highest BCUT2D eigenvalue weighted by Gasteiger charge is 2.46. The van der Waals surface area contributed by atoms with Crippen molar-refractivity contribution in [2.24, 2.45) is 11.1 Å². The minimum absolute atomic E-state index is 0.195. The molecule has 1 unspecified atom stereocenters. The van der Waals surface area contributed by atoms with Crippen LogP contribution in [0.3, 0.4) is 0 Å². The third-order valence-electron chi connectivity index (χ3n) is 4.81. The lowest BCUT2D eigenvalue weighted by Crippen LogP contribution is -2.53. The maximum atomic E-state index is 12.9. The lowest BCUT2D eigenvalue weighted by Gasteiger charge is -2.47. The van der Waals surface area contributed by atoms with Crippen molar-refractivity contribution in [2.75, 3.05) is 6.54 Å². The molecule has 0 heterocycles.